The van der Waals surface area contributed by atoms with Gasteiger partial charge < -0.3 is 15.8 Å². The minimum Gasteiger partial charge on any atom is -0.381 e. The second-order valence-electron chi connectivity index (χ2n) is 5.29. The van der Waals surface area contributed by atoms with Crippen LogP contribution in [0, 0.1) is 11.8 Å². The number of carbonyl (C=O) groups is 1. The fourth-order valence-corrected chi connectivity index (χ4v) is 2.22. The van der Waals surface area contributed by atoms with Crippen LogP contribution < -0.4 is 11.1 Å². The maximum absolute atomic E-state index is 12.0. The van der Waals surface area contributed by atoms with E-state index in [9.17, 15) is 4.79 Å². The molecule has 2 aliphatic rings. The van der Waals surface area contributed by atoms with Gasteiger partial charge in [-0.05, 0) is 37.5 Å². The van der Waals surface area contributed by atoms with E-state index in [0.29, 0.717) is 32.0 Å². The van der Waals surface area contributed by atoms with Crippen LogP contribution in [0.2, 0.25) is 0 Å². The Hall–Kier alpha value is -0.610. The summed E-state index contributed by atoms with van der Waals surface area (Å²) in [5, 5.41) is 2.99. The normalized spacial score (nSPS) is 26.1. The van der Waals surface area contributed by atoms with Gasteiger partial charge in [0.05, 0.1) is 5.54 Å². The van der Waals surface area contributed by atoms with Gasteiger partial charge in [-0.2, -0.15) is 0 Å². The summed E-state index contributed by atoms with van der Waals surface area (Å²) in [5.74, 6) is 1.42. The zero-order valence-corrected chi connectivity index (χ0v) is 10.00. The van der Waals surface area contributed by atoms with Crippen molar-refractivity contribution in [2.45, 2.75) is 38.1 Å². The lowest BCUT2D eigenvalue weighted by Crippen LogP contribution is -2.57. The summed E-state index contributed by atoms with van der Waals surface area (Å²) in [6.45, 7) is 4.17. The summed E-state index contributed by atoms with van der Waals surface area (Å²) >= 11 is 0. The Morgan fingerprint density at radius 2 is 2.12 bits per heavy atom. The molecular weight excluding hydrogens is 204 g/mol. The van der Waals surface area contributed by atoms with Gasteiger partial charge in [0.25, 0.3) is 0 Å². The highest BCUT2D eigenvalue weighted by Gasteiger charge is 2.36. The molecule has 0 radical (unpaired) electrons. The molecule has 0 spiro atoms. The van der Waals surface area contributed by atoms with Gasteiger partial charge in [0.15, 0.2) is 0 Å². The SMILES string of the molecule is CC(CNC(=O)C1(N)CCOCC1)C1CC1. The molecule has 1 amide bonds. The van der Waals surface area contributed by atoms with Crippen molar-refractivity contribution >= 4 is 5.91 Å². The lowest BCUT2D eigenvalue weighted by atomic mass is 9.90. The Balaban J connectivity index is 1.77. The van der Waals surface area contributed by atoms with E-state index in [-0.39, 0.29) is 5.91 Å². The molecule has 3 N–H and O–H groups in total. The topological polar surface area (TPSA) is 64.4 Å². The van der Waals surface area contributed by atoms with Gasteiger partial charge in [-0.15, -0.1) is 0 Å². The molecule has 2 fully saturated rings. The van der Waals surface area contributed by atoms with Gasteiger partial charge in [-0.25, -0.2) is 0 Å². The lowest BCUT2D eigenvalue weighted by molar-refractivity contribution is -0.129. The lowest BCUT2D eigenvalue weighted by Gasteiger charge is -2.32. The molecule has 92 valence electrons. The second-order valence-corrected chi connectivity index (χ2v) is 5.29. The fourth-order valence-electron chi connectivity index (χ4n) is 2.22. The number of amides is 1. The van der Waals surface area contributed by atoms with Gasteiger partial charge >= 0.3 is 0 Å². The van der Waals surface area contributed by atoms with Crippen LogP contribution in [0.15, 0.2) is 0 Å². The largest absolute Gasteiger partial charge is 0.381 e. The zero-order valence-electron chi connectivity index (χ0n) is 10.00. The summed E-state index contributed by atoms with van der Waals surface area (Å²) in [6.07, 6.45) is 3.91. The molecule has 1 saturated carbocycles. The summed E-state index contributed by atoms with van der Waals surface area (Å²) in [5.41, 5.74) is 5.40. The van der Waals surface area contributed by atoms with E-state index < -0.39 is 5.54 Å². The minimum absolute atomic E-state index is 0.00306. The maximum Gasteiger partial charge on any atom is 0.240 e. The van der Waals surface area contributed by atoms with Crippen LogP contribution >= 0.6 is 0 Å². The van der Waals surface area contributed by atoms with Crippen LogP contribution in [0.1, 0.15) is 32.6 Å². The third kappa shape index (κ3) is 2.74. The molecule has 0 aromatic heterocycles. The van der Waals surface area contributed by atoms with Crippen molar-refractivity contribution in [2.24, 2.45) is 17.6 Å². The van der Waals surface area contributed by atoms with Crippen molar-refractivity contribution in [3.63, 3.8) is 0 Å². The Morgan fingerprint density at radius 3 is 2.69 bits per heavy atom. The predicted molar refractivity (Wildman–Crippen MR) is 61.9 cm³/mol. The van der Waals surface area contributed by atoms with E-state index in [0.717, 1.165) is 12.5 Å². The third-order valence-electron chi connectivity index (χ3n) is 3.85. The highest BCUT2D eigenvalue weighted by Crippen LogP contribution is 2.36. The summed E-state index contributed by atoms with van der Waals surface area (Å²) in [6, 6.07) is 0. The van der Waals surface area contributed by atoms with E-state index in [4.69, 9.17) is 10.5 Å². The first-order valence-corrected chi connectivity index (χ1v) is 6.27. The minimum atomic E-state index is -0.693. The molecule has 0 bridgehead atoms. The number of nitrogens with two attached hydrogens (primary N) is 1. The smallest absolute Gasteiger partial charge is 0.240 e. The van der Waals surface area contributed by atoms with Crippen LogP contribution in [0.5, 0.6) is 0 Å². The molecule has 4 nitrogen and oxygen atoms in total. The Kier molecular flexibility index (Phi) is 3.50. The van der Waals surface area contributed by atoms with E-state index in [1.807, 2.05) is 0 Å². The van der Waals surface area contributed by atoms with E-state index in [2.05, 4.69) is 12.2 Å². The van der Waals surface area contributed by atoms with Gasteiger partial charge in [-0.3, -0.25) is 4.79 Å². The molecule has 1 aliphatic heterocycles. The van der Waals surface area contributed by atoms with Crippen molar-refractivity contribution in [3.8, 4) is 0 Å². The highest BCUT2D eigenvalue weighted by atomic mass is 16.5. The molecule has 4 heteroatoms. The average molecular weight is 226 g/mol. The van der Waals surface area contributed by atoms with Crippen molar-refractivity contribution < 1.29 is 9.53 Å². The number of hydrogen-bond acceptors (Lipinski definition) is 3. The van der Waals surface area contributed by atoms with Crippen LogP contribution in [-0.4, -0.2) is 31.2 Å². The molecule has 0 aromatic carbocycles. The third-order valence-corrected chi connectivity index (χ3v) is 3.85. The molecule has 0 aromatic rings. The van der Waals surface area contributed by atoms with E-state index >= 15 is 0 Å². The first kappa shape index (κ1) is 11.9. The van der Waals surface area contributed by atoms with Crippen LogP contribution in [0.3, 0.4) is 0 Å². The first-order chi connectivity index (χ1) is 7.62. The van der Waals surface area contributed by atoms with E-state index in [1.165, 1.54) is 12.8 Å². The molecular formula is C12H22N2O2. The van der Waals surface area contributed by atoms with Crippen molar-refractivity contribution in [1.29, 1.82) is 0 Å². The molecule has 16 heavy (non-hydrogen) atoms. The monoisotopic (exact) mass is 226 g/mol. The number of hydrogen-bond donors (Lipinski definition) is 2. The van der Waals surface area contributed by atoms with Crippen molar-refractivity contribution in [2.75, 3.05) is 19.8 Å². The number of nitrogens with one attached hydrogen (secondary N) is 1. The predicted octanol–water partition coefficient (Wildman–Crippen LogP) is 0.657. The van der Waals surface area contributed by atoms with Gasteiger partial charge in [0.1, 0.15) is 0 Å². The zero-order chi connectivity index (χ0) is 11.6. The Morgan fingerprint density at radius 1 is 1.50 bits per heavy atom. The number of carbonyl (C=O) groups excluding carboxylic acids is 1. The standard InChI is InChI=1S/C12H22N2O2/c1-9(10-2-3-10)8-14-11(15)12(13)4-6-16-7-5-12/h9-10H,2-8,13H2,1H3,(H,14,15). The number of ether oxygens (including phenoxy) is 1. The van der Waals surface area contributed by atoms with Crippen molar-refractivity contribution in [3.05, 3.63) is 0 Å². The highest BCUT2D eigenvalue weighted by molar-refractivity contribution is 5.86. The Labute approximate surface area is 96.9 Å². The summed E-state index contributed by atoms with van der Waals surface area (Å²) in [4.78, 5) is 12.0. The van der Waals surface area contributed by atoms with Gasteiger partial charge in [-0.1, -0.05) is 6.92 Å². The molecule has 2 rings (SSSR count). The summed E-state index contributed by atoms with van der Waals surface area (Å²) in [7, 11) is 0. The summed E-state index contributed by atoms with van der Waals surface area (Å²) < 4.78 is 5.23. The first-order valence-electron chi connectivity index (χ1n) is 6.27. The molecule has 1 atom stereocenters. The van der Waals surface area contributed by atoms with Crippen LogP contribution in [0.4, 0.5) is 0 Å². The Bertz CT molecular complexity index is 258. The van der Waals surface area contributed by atoms with Crippen LogP contribution in [-0.2, 0) is 9.53 Å². The molecule has 1 aliphatic carbocycles. The van der Waals surface area contributed by atoms with Crippen molar-refractivity contribution in [1.82, 2.24) is 5.32 Å². The number of rotatable bonds is 4. The van der Waals surface area contributed by atoms with Crippen LogP contribution in [0.25, 0.3) is 0 Å². The molecule has 1 unspecified atom stereocenters. The molecule has 1 saturated heterocycles. The van der Waals surface area contributed by atoms with Gasteiger partial charge in [0, 0.05) is 19.8 Å². The molecule has 1 heterocycles. The average Bonchev–Trinajstić information content (AvgIpc) is 3.10. The fraction of sp³-hybridized carbons (Fsp3) is 0.917. The second kappa shape index (κ2) is 4.72. The van der Waals surface area contributed by atoms with E-state index in [1.54, 1.807) is 0 Å². The maximum atomic E-state index is 12.0. The van der Waals surface area contributed by atoms with Gasteiger partial charge in [0.2, 0.25) is 5.91 Å². The quantitative estimate of drug-likeness (QED) is 0.740.